The Labute approximate surface area is 344 Å². The molecular formula is C44H49F6IrN4O2-. The molecule has 6 nitrogen and oxygen atoms in total. The van der Waals surface area contributed by atoms with Gasteiger partial charge in [-0.05, 0) is 63.0 Å². The van der Waals surface area contributed by atoms with Crippen LogP contribution in [0.1, 0.15) is 108 Å². The van der Waals surface area contributed by atoms with Crippen LogP contribution in [-0.2, 0) is 42.7 Å². The SMILES string of the molecule is CCC(CC)C(=O)/C=C(\O)C(CC)CC.Cc1cc(C)c(-c2nc3nc(C(F)(F)F)c(C(F)(F)F)nc3nc2-c2[c-]c3ccccc3c(C(C)(C)C)c2)c(C)c1.[Ir]. The quantitative estimate of drug-likeness (QED) is 0.0685. The summed E-state index contributed by atoms with van der Waals surface area (Å²) < 4.78 is 82.2. The first kappa shape index (κ1) is 47.2. The van der Waals surface area contributed by atoms with Gasteiger partial charge in [0.15, 0.2) is 28.5 Å². The van der Waals surface area contributed by atoms with Crippen molar-refractivity contribution in [3.05, 3.63) is 94.0 Å². The number of carbonyl (C=O) groups excluding carboxylic acids is 1. The van der Waals surface area contributed by atoms with Crippen LogP contribution in [-0.4, -0.2) is 30.8 Å². The van der Waals surface area contributed by atoms with Gasteiger partial charge < -0.3 is 5.11 Å². The van der Waals surface area contributed by atoms with Gasteiger partial charge in [0.05, 0.1) is 11.5 Å². The Morgan fingerprint density at radius 2 is 1.21 bits per heavy atom. The molecule has 0 aliphatic heterocycles. The fraction of sp³-hybridized carbons (Fsp3) is 0.432. The number of ketones is 1. The minimum atomic E-state index is -5.41. The van der Waals surface area contributed by atoms with Crippen molar-refractivity contribution in [2.24, 2.45) is 11.8 Å². The smallest absolute Gasteiger partial charge is 0.435 e. The second kappa shape index (κ2) is 18.6. The molecule has 0 fully saturated rings. The van der Waals surface area contributed by atoms with Crippen molar-refractivity contribution in [2.75, 3.05) is 0 Å². The normalized spacial score (nSPS) is 12.6. The third-order valence-corrected chi connectivity index (χ3v) is 9.89. The molecule has 1 N–H and O–H groups in total. The number of aliphatic hydroxyl groups is 1. The molecule has 0 saturated carbocycles. The van der Waals surface area contributed by atoms with E-state index in [4.69, 9.17) is 0 Å². The molecule has 309 valence electrons. The Hall–Kier alpha value is -4.22. The Kier molecular flexibility index (Phi) is 15.4. The molecular weight excluding hydrogens is 923 g/mol. The molecule has 0 aliphatic carbocycles. The van der Waals surface area contributed by atoms with Gasteiger partial charge in [-0.1, -0.05) is 95.3 Å². The molecule has 57 heavy (non-hydrogen) atoms. The van der Waals surface area contributed by atoms with E-state index in [2.05, 4.69) is 26.0 Å². The molecule has 2 aromatic heterocycles. The van der Waals surface area contributed by atoms with Crippen LogP contribution in [0.2, 0.25) is 0 Å². The summed E-state index contributed by atoms with van der Waals surface area (Å²) in [5, 5.41) is 11.4. The zero-order chi connectivity index (χ0) is 41.9. The van der Waals surface area contributed by atoms with Crippen molar-refractivity contribution in [2.45, 2.75) is 113 Å². The number of aromatic nitrogens is 4. The maximum absolute atomic E-state index is 13.7. The number of carbonyl (C=O) groups is 1. The van der Waals surface area contributed by atoms with E-state index in [-0.39, 0.29) is 60.3 Å². The van der Waals surface area contributed by atoms with Gasteiger partial charge in [-0.15, -0.1) is 29.1 Å². The minimum Gasteiger partial charge on any atom is -0.512 e. The van der Waals surface area contributed by atoms with Gasteiger partial charge in [0.2, 0.25) is 0 Å². The maximum Gasteiger partial charge on any atom is 0.435 e. The van der Waals surface area contributed by atoms with Crippen molar-refractivity contribution in [1.29, 1.82) is 0 Å². The van der Waals surface area contributed by atoms with Crippen molar-refractivity contribution in [3.63, 3.8) is 0 Å². The summed E-state index contributed by atoms with van der Waals surface area (Å²) in [5.41, 5.74) is -1.17. The summed E-state index contributed by atoms with van der Waals surface area (Å²) in [7, 11) is 0. The van der Waals surface area contributed by atoms with Gasteiger partial charge >= 0.3 is 12.4 Å². The Balaban J connectivity index is 0.000000464. The van der Waals surface area contributed by atoms with E-state index in [0.29, 0.717) is 11.1 Å². The molecule has 5 rings (SSSR count). The molecule has 0 unspecified atom stereocenters. The standard InChI is InChI=1S/C31H25F6N4.C13H24O2.Ir/c1-15-11-16(2)22(17(3)12-15)24-23(19-13-18-9-7-8-10-20(18)21(14-19)29(4,5)6)38-27-28(39-24)41-26(31(35,36)37)25(40-27)30(32,33)34;1-5-10(6-2)12(14)9-13(15)11(7-3)8-4;/h7-12,14H,1-6H3;9-11,14H,5-8H2,1-4H3;/q-1;;/b;12-9-;. The maximum atomic E-state index is 13.7. The molecule has 0 atom stereocenters. The average Bonchev–Trinajstić information content (AvgIpc) is 3.10. The number of aliphatic hydroxyl groups excluding tert-OH is 1. The summed E-state index contributed by atoms with van der Waals surface area (Å²) >= 11 is 0. The second-order valence-corrected chi connectivity index (χ2v) is 15.1. The summed E-state index contributed by atoms with van der Waals surface area (Å²) in [6, 6.07) is 16.5. The fourth-order valence-electron chi connectivity index (χ4n) is 6.95. The molecule has 2 heterocycles. The van der Waals surface area contributed by atoms with Crippen LogP contribution >= 0.6 is 0 Å². The number of alkyl halides is 6. The van der Waals surface area contributed by atoms with E-state index in [1.807, 2.05) is 112 Å². The van der Waals surface area contributed by atoms with E-state index < -0.39 is 35.0 Å². The summed E-state index contributed by atoms with van der Waals surface area (Å²) in [4.78, 5) is 27.2. The molecule has 1 radical (unpaired) electrons. The van der Waals surface area contributed by atoms with Gasteiger partial charge in [-0.3, -0.25) is 9.78 Å². The number of rotatable bonds is 9. The van der Waals surface area contributed by atoms with E-state index in [1.165, 1.54) is 6.08 Å². The van der Waals surface area contributed by atoms with Crippen LogP contribution in [0.4, 0.5) is 26.3 Å². The first-order valence-electron chi connectivity index (χ1n) is 18.8. The predicted octanol–water partition coefficient (Wildman–Crippen LogP) is 12.8. The molecule has 13 heteroatoms. The largest absolute Gasteiger partial charge is 0.512 e. The number of fused-ring (bicyclic) bond motifs is 2. The van der Waals surface area contributed by atoms with E-state index in [1.54, 1.807) is 0 Å². The summed E-state index contributed by atoms with van der Waals surface area (Å²) in [5.74, 6) is 0.547. The third kappa shape index (κ3) is 10.8. The Bertz CT molecular complexity index is 2230. The van der Waals surface area contributed by atoms with E-state index in [9.17, 15) is 36.2 Å². The van der Waals surface area contributed by atoms with Crippen LogP contribution in [0.25, 0.3) is 44.6 Å². The van der Waals surface area contributed by atoms with Crippen LogP contribution in [0, 0.1) is 38.7 Å². The second-order valence-electron chi connectivity index (χ2n) is 15.1. The number of halogens is 6. The molecule has 0 spiro atoms. The first-order chi connectivity index (χ1) is 26.0. The molecule has 0 bridgehead atoms. The molecule has 5 aromatic rings. The van der Waals surface area contributed by atoms with Gasteiger partial charge in [-0.25, -0.2) is 15.0 Å². The van der Waals surface area contributed by atoms with Crippen molar-refractivity contribution < 1.29 is 56.3 Å². The third-order valence-electron chi connectivity index (χ3n) is 9.89. The Morgan fingerprint density at radius 1 is 0.737 bits per heavy atom. The fourth-order valence-corrected chi connectivity index (χ4v) is 6.95. The number of nitrogens with zero attached hydrogens (tertiary/aromatic N) is 4. The van der Waals surface area contributed by atoms with Gasteiger partial charge in [0, 0.05) is 49.3 Å². The van der Waals surface area contributed by atoms with Crippen LogP contribution in [0.15, 0.2) is 54.3 Å². The number of allylic oxidation sites excluding steroid dienone is 2. The van der Waals surface area contributed by atoms with Crippen LogP contribution < -0.4 is 0 Å². The zero-order valence-corrected chi connectivity index (χ0v) is 36.2. The minimum absolute atomic E-state index is 0. The Morgan fingerprint density at radius 3 is 1.67 bits per heavy atom. The zero-order valence-electron chi connectivity index (χ0n) is 33.8. The van der Waals surface area contributed by atoms with Crippen molar-refractivity contribution >= 4 is 27.9 Å². The number of benzene rings is 3. The van der Waals surface area contributed by atoms with Crippen molar-refractivity contribution in [1.82, 2.24) is 19.9 Å². The molecule has 0 saturated heterocycles. The molecule has 0 amide bonds. The summed E-state index contributed by atoms with van der Waals surface area (Å²) in [6.45, 7) is 19.7. The van der Waals surface area contributed by atoms with Crippen LogP contribution in [0.3, 0.4) is 0 Å². The number of aryl methyl sites for hydroxylation is 3. The van der Waals surface area contributed by atoms with Gasteiger partial charge in [-0.2, -0.15) is 26.3 Å². The predicted molar refractivity (Wildman–Crippen MR) is 209 cm³/mol. The van der Waals surface area contributed by atoms with Gasteiger partial charge in [0.25, 0.3) is 0 Å². The van der Waals surface area contributed by atoms with E-state index in [0.717, 1.165) is 58.7 Å². The number of hydrogen-bond donors (Lipinski definition) is 1. The van der Waals surface area contributed by atoms with E-state index >= 15 is 0 Å². The van der Waals surface area contributed by atoms with Crippen molar-refractivity contribution in [3.8, 4) is 22.5 Å². The first-order valence-corrected chi connectivity index (χ1v) is 18.8. The summed E-state index contributed by atoms with van der Waals surface area (Å²) in [6.07, 6.45) is -5.91. The topological polar surface area (TPSA) is 88.9 Å². The van der Waals surface area contributed by atoms with Crippen LogP contribution in [0.5, 0.6) is 0 Å². The molecule has 0 aliphatic rings. The molecule has 3 aromatic carbocycles. The number of hydrogen-bond acceptors (Lipinski definition) is 6. The monoisotopic (exact) mass is 972 g/mol. The average molecular weight is 972 g/mol. The van der Waals surface area contributed by atoms with Gasteiger partial charge in [0.1, 0.15) is 0 Å².